The number of hydrogen-bond donors (Lipinski definition) is 1. The van der Waals surface area contributed by atoms with Gasteiger partial charge in [-0.25, -0.2) is 4.99 Å². The van der Waals surface area contributed by atoms with Crippen molar-refractivity contribution in [2.24, 2.45) is 10.9 Å². The predicted octanol–water partition coefficient (Wildman–Crippen LogP) is 2.97. The van der Waals surface area contributed by atoms with E-state index in [2.05, 4.69) is 10.3 Å². The van der Waals surface area contributed by atoms with Crippen LogP contribution in [-0.4, -0.2) is 25.3 Å². The summed E-state index contributed by atoms with van der Waals surface area (Å²) in [6.07, 6.45) is 1.57. The first-order chi connectivity index (χ1) is 12.1. The minimum Gasteiger partial charge on any atom is -0.467 e. The molecule has 1 N–H and O–H groups in total. The highest BCUT2D eigenvalue weighted by atomic mass is 16.7. The Morgan fingerprint density at radius 1 is 1.28 bits per heavy atom. The van der Waals surface area contributed by atoms with E-state index in [9.17, 15) is 4.79 Å². The van der Waals surface area contributed by atoms with Gasteiger partial charge in [0.05, 0.1) is 12.9 Å². The van der Waals surface area contributed by atoms with Crippen LogP contribution in [0.3, 0.4) is 0 Å². The molecule has 1 aromatic carbocycles. The minimum absolute atomic E-state index is 0.160. The summed E-state index contributed by atoms with van der Waals surface area (Å²) < 4.78 is 21.4. The van der Waals surface area contributed by atoms with Crippen molar-refractivity contribution in [3.63, 3.8) is 0 Å². The average Bonchev–Trinajstić information content (AvgIpc) is 3.27. The van der Waals surface area contributed by atoms with E-state index in [1.165, 1.54) is 0 Å². The van der Waals surface area contributed by atoms with Crippen molar-refractivity contribution in [3.8, 4) is 11.5 Å². The van der Waals surface area contributed by atoms with Crippen molar-refractivity contribution < 1.29 is 23.4 Å². The van der Waals surface area contributed by atoms with Crippen molar-refractivity contribution in [1.29, 1.82) is 0 Å². The predicted molar refractivity (Wildman–Crippen MR) is 90.7 cm³/mol. The van der Waals surface area contributed by atoms with E-state index >= 15 is 0 Å². The molecule has 1 aliphatic heterocycles. The smallest absolute Gasteiger partial charge is 0.292 e. The fourth-order valence-corrected chi connectivity index (χ4v) is 2.13. The first kappa shape index (κ1) is 16.9. The number of carbonyl (C=O) groups excluding carboxylic acids is 1. The highest BCUT2D eigenvalue weighted by Crippen LogP contribution is 2.32. The van der Waals surface area contributed by atoms with Gasteiger partial charge >= 0.3 is 0 Å². The van der Waals surface area contributed by atoms with Gasteiger partial charge in [-0.05, 0) is 36.2 Å². The maximum Gasteiger partial charge on any atom is 0.292 e. The molecule has 2 aromatic rings. The van der Waals surface area contributed by atoms with Crippen LogP contribution in [0, 0.1) is 5.92 Å². The third-order valence-electron chi connectivity index (χ3n) is 3.37. The number of fused-ring (bicyclic) bond motifs is 1. The molecule has 2 heterocycles. The van der Waals surface area contributed by atoms with Gasteiger partial charge in [0.15, 0.2) is 11.5 Å². The lowest BCUT2D eigenvalue weighted by atomic mass is 10.2. The second-order valence-electron chi connectivity index (χ2n) is 5.93. The average molecular weight is 344 g/mol. The normalized spacial score (nSPS) is 13.2. The first-order valence-electron chi connectivity index (χ1n) is 8.02. The Bertz CT molecular complexity index is 753. The number of amidine groups is 1. The number of carbonyl (C=O) groups is 1. The maximum atomic E-state index is 12.5. The molecule has 1 aromatic heterocycles. The van der Waals surface area contributed by atoms with Crippen LogP contribution in [-0.2, 0) is 11.3 Å². The Kier molecular flexibility index (Phi) is 5.23. The quantitative estimate of drug-likeness (QED) is 0.666. The lowest BCUT2D eigenvalue weighted by Crippen LogP contribution is -2.33. The zero-order valence-corrected chi connectivity index (χ0v) is 14.2. The summed E-state index contributed by atoms with van der Waals surface area (Å²) in [5.41, 5.74) is 0.433. The summed E-state index contributed by atoms with van der Waals surface area (Å²) >= 11 is 0. The van der Waals surface area contributed by atoms with Crippen LogP contribution in [0.15, 0.2) is 46.0 Å². The molecule has 25 heavy (non-hydrogen) atoms. The van der Waals surface area contributed by atoms with Crippen LogP contribution in [0.2, 0.25) is 0 Å². The van der Waals surface area contributed by atoms with E-state index in [0.29, 0.717) is 35.3 Å². The second kappa shape index (κ2) is 7.74. The Labute approximate surface area is 145 Å². The number of amides is 1. The molecule has 0 fully saturated rings. The summed E-state index contributed by atoms with van der Waals surface area (Å²) in [6, 6.07) is 8.74. The van der Waals surface area contributed by atoms with Crippen molar-refractivity contribution >= 4 is 11.9 Å². The molecule has 132 valence electrons. The Balaban J connectivity index is 1.69. The van der Waals surface area contributed by atoms with Gasteiger partial charge in [-0.3, -0.25) is 10.1 Å². The topological polar surface area (TPSA) is 82.3 Å². The first-order valence-corrected chi connectivity index (χ1v) is 8.02. The Hall–Kier alpha value is -2.96. The maximum absolute atomic E-state index is 12.5. The highest BCUT2D eigenvalue weighted by Gasteiger charge is 2.17. The lowest BCUT2D eigenvalue weighted by molar-refractivity contribution is 0.0962. The van der Waals surface area contributed by atoms with Gasteiger partial charge in [-0.1, -0.05) is 13.8 Å². The van der Waals surface area contributed by atoms with E-state index in [1.807, 2.05) is 19.9 Å². The third-order valence-corrected chi connectivity index (χ3v) is 3.37. The zero-order chi connectivity index (χ0) is 17.6. The number of ether oxygens (including phenoxy) is 3. The number of nitrogens with one attached hydrogen (secondary N) is 1. The molecule has 0 atom stereocenters. The number of nitrogens with zero attached hydrogens (tertiary/aromatic N) is 1. The van der Waals surface area contributed by atoms with E-state index in [-0.39, 0.29) is 25.3 Å². The van der Waals surface area contributed by atoms with E-state index in [4.69, 9.17) is 18.6 Å². The minimum atomic E-state index is -0.333. The molecular formula is C18H20N2O5. The van der Waals surface area contributed by atoms with Crippen LogP contribution < -0.4 is 14.8 Å². The van der Waals surface area contributed by atoms with E-state index in [1.54, 1.807) is 30.5 Å². The SMILES string of the molecule is CC(C)COC(=NCc1ccco1)NC(=O)c1ccc2c(c1)OCO2. The van der Waals surface area contributed by atoms with Crippen molar-refractivity contribution in [1.82, 2.24) is 5.32 Å². The second-order valence-corrected chi connectivity index (χ2v) is 5.93. The van der Waals surface area contributed by atoms with Gasteiger partial charge < -0.3 is 18.6 Å². The number of furan rings is 1. The van der Waals surface area contributed by atoms with Gasteiger partial charge in [-0.2, -0.15) is 0 Å². The molecule has 7 nitrogen and oxygen atoms in total. The van der Waals surface area contributed by atoms with Crippen LogP contribution in [0.1, 0.15) is 30.0 Å². The molecule has 0 bridgehead atoms. The van der Waals surface area contributed by atoms with Gasteiger partial charge in [-0.15, -0.1) is 0 Å². The molecule has 1 amide bonds. The van der Waals surface area contributed by atoms with Crippen LogP contribution in [0.5, 0.6) is 11.5 Å². The third kappa shape index (κ3) is 4.53. The summed E-state index contributed by atoms with van der Waals surface area (Å²) in [6.45, 7) is 4.92. The number of benzene rings is 1. The molecule has 1 aliphatic rings. The number of hydrogen-bond acceptors (Lipinski definition) is 6. The molecule has 0 aliphatic carbocycles. The molecule has 7 heteroatoms. The standard InChI is InChI=1S/C18H20N2O5/c1-12(2)10-23-18(19-9-14-4-3-7-22-14)20-17(21)13-5-6-15-16(8-13)25-11-24-15/h3-8,12H,9-11H2,1-2H3,(H,19,20,21). The molecule has 0 radical (unpaired) electrons. The largest absolute Gasteiger partial charge is 0.467 e. The summed E-state index contributed by atoms with van der Waals surface area (Å²) in [5, 5.41) is 2.69. The fourth-order valence-electron chi connectivity index (χ4n) is 2.13. The summed E-state index contributed by atoms with van der Waals surface area (Å²) in [4.78, 5) is 16.8. The molecule has 0 spiro atoms. The highest BCUT2D eigenvalue weighted by molar-refractivity contribution is 6.04. The van der Waals surface area contributed by atoms with Gasteiger partial charge in [0.1, 0.15) is 12.3 Å². The van der Waals surface area contributed by atoms with Crippen LogP contribution >= 0.6 is 0 Å². The number of rotatable bonds is 5. The van der Waals surface area contributed by atoms with Crippen LogP contribution in [0.4, 0.5) is 0 Å². The molecule has 0 saturated heterocycles. The Morgan fingerprint density at radius 2 is 2.12 bits per heavy atom. The molecular weight excluding hydrogens is 324 g/mol. The zero-order valence-electron chi connectivity index (χ0n) is 14.2. The molecule has 3 rings (SSSR count). The summed E-state index contributed by atoms with van der Waals surface area (Å²) in [7, 11) is 0. The van der Waals surface area contributed by atoms with E-state index < -0.39 is 0 Å². The van der Waals surface area contributed by atoms with E-state index in [0.717, 1.165) is 0 Å². The van der Waals surface area contributed by atoms with Crippen molar-refractivity contribution in [2.75, 3.05) is 13.4 Å². The fraction of sp³-hybridized carbons (Fsp3) is 0.333. The van der Waals surface area contributed by atoms with Crippen LogP contribution in [0.25, 0.3) is 0 Å². The molecule has 0 unspecified atom stereocenters. The van der Waals surface area contributed by atoms with Crippen molar-refractivity contribution in [2.45, 2.75) is 20.4 Å². The lowest BCUT2D eigenvalue weighted by Gasteiger charge is -2.12. The monoisotopic (exact) mass is 344 g/mol. The number of aliphatic imine (C=N–C) groups is 1. The van der Waals surface area contributed by atoms with Gasteiger partial charge in [0, 0.05) is 5.56 Å². The summed E-state index contributed by atoms with van der Waals surface area (Å²) in [5.74, 6) is 1.82. The van der Waals surface area contributed by atoms with Gasteiger partial charge in [0.25, 0.3) is 11.9 Å². The Morgan fingerprint density at radius 3 is 2.88 bits per heavy atom. The van der Waals surface area contributed by atoms with Gasteiger partial charge in [0.2, 0.25) is 6.79 Å². The van der Waals surface area contributed by atoms with Crippen molar-refractivity contribution in [3.05, 3.63) is 47.9 Å². The molecule has 0 saturated carbocycles.